The number of carboxylic acids is 1. The Hall–Kier alpha value is -1.83. The minimum Gasteiger partial charge on any atom is -0.480 e. The second kappa shape index (κ2) is 8.30. The minimum atomic E-state index is -1.38. The molecular weight excluding hydrogens is 254 g/mol. The van der Waals surface area contributed by atoms with E-state index < -0.39 is 24.6 Å². The van der Waals surface area contributed by atoms with Gasteiger partial charge in [-0.2, -0.15) is 0 Å². The van der Waals surface area contributed by atoms with Crippen LogP contribution in [-0.2, 0) is 9.59 Å². The van der Waals surface area contributed by atoms with Gasteiger partial charge in [0.15, 0.2) is 6.04 Å². The molecule has 0 saturated heterocycles. The SMILES string of the molecule is CCN(CC(=O)NC(C)C)C(=O)N[C@@H](CO)C(=O)O. The Balaban J connectivity index is 4.47. The molecule has 1 atom stereocenters. The van der Waals surface area contributed by atoms with Crippen LogP contribution in [0.1, 0.15) is 20.8 Å². The Labute approximate surface area is 111 Å². The molecule has 19 heavy (non-hydrogen) atoms. The molecule has 110 valence electrons. The Morgan fingerprint density at radius 2 is 1.79 bits per heavy atom. The predicted molar refractivity (Wildman–Crippen MR) is 67.6 cm³/mol. The number of likely N-dealkylation sites (N-methyl/N-ethyl adjacent to an activating group) is 1. The number of aliphatic carboxylic acids is 1. The average Bonchev–Trinajstić information content (AvgIpc) is 2.31. The summed E-state index contributed by atoms with van der Waals surface area (Å²) >= 11 is 0. The Morgan fingerprint density at radius 3 is 2.16 bits per heavy atom. The van der Waals surface area contributed by atoms with Gasteiger partial charge in [-0.1, -0.05) is 0 Å². The largest absolute Gasteiger partial charge is 0.480 e. The van der Waals surface area contributed by atoms with Crippen molar-refractivity contribution in [1.29, 1.82) is 0 Å². The van der Waals surface area contributed by atoms with Gasteiger partial charge in [-0.05, 0) is 20.8 Å². The van der Waals surface area contributed by atoms with Gasteiger partial charge in [0.2, 0.25) is 5.91 Å². The van der Waals surface area contributed by atoms with Gasteiger partial charge in [-0.3, -0.25) is 4.79 Å². The molecule has 0 unspecified atom stereocenters. The van der Waals surface area contributed by atoms with E-state index in [1.54, 1.807) is 20.8 Å². The molecule has 8 heteroatoms. The summed E-state index contributed by atoms with van der Waals surface area (Å²) in [4.78, 5) is 35.1. The highest BCUT2D eigenvalue weighted by Gasteiger charge is 2.23. The van der Waals surface area contributed by atoms with E-state index in [4.69, 9.17) is 10.2 Å². The summed E-state index contributed by atoms with van der Waals surface area (Å²) in [6.07, 6.45) is 0. The summed E-state index contributed by atoms with van der Waals surface area (Å²) in [6, 6.07) is -2.13. The van der Waals surface area contributed by atoms with Crippen molar-refractivity contribution in [1.82, 2.24) is 15.5 Å². The molecule has 0 aliphatic rings. The maximum atomic E-state index is 11.7. The summed E-state index contributed by atoms with van der Waals surface area (Å²) in [5.41, 5.74) is 0. The van der Waals surface area contributed by atoms with Crippen molar-refractivity contribution in [2.45, 2.75) is 32.9 Å². The maximum Gasteiger partial charge on any atom is 0.328 e. The zero-order valence-corrected chi connectivity index (χ0v) is 11.3. The van der Waals surface area contributed by atoms with E-state index in [9.17, 15) is 14.4 Å². The van der Waals surface area contributed by atoms with E-state index in [2.05, 4.69) is 10.6 Å². The number of carbonyl (C=O) groups is 3. The number of nitrogens with one attached hydrogen (secondary N) is 2. The molecule has 0 fully saturated rings. The molecule has 0 aromatic carbocycles. The summed E-state index contributed by atoms with van der Waals surface area (Å²) in [5.74, 6) is -1.67. The van der Waals surface area contributed by atoms with Crippen LogP contribution < -0.4 is 10.6 Å². The number of aliphatic hydroxyl groups excluding tert-OH is 1. The van der Waals surface area contributed by atoms with Crippen LogP contribution in [0.25, 0.3) is 0 Å². The molecule has 4 N–H and O–H groups in total. The Bertz CT molecular complexity index is 332. The van der Waals surface area contributed by atoms with Crippen molar-refractivity contribution < 1.29 is 24.6 Å². The number of carboxylic acid groups (broad SMARTS) is 1. The fourth-order valence-corrected chi connectivity index (χ4v) is 1.29. The average molecular weight is 275 g/mol. The zero-order valence-electron chi connectivity index (χ0n) is 11.3. The lowest BCUT2D eigenvalue weighted by Gasteiger charge is -2.23. The third-order valence-electron chi connectivity index (χ3n) is 2.23. The third kappa shape index (κ3) is 6.61. The van der Waals surface area contributed by atoms with Gasteiger partial charge in [0.25, 0.3) is 0 Å². The van der Waals surface area contributed by atoms with E-state index in [0.717, 1.165) is 4.90 Å². The number of rotatable bonds is 7. The van der Waals surface area contributed by atoms with Crippen LogP contribution in [0.3, 0.4) is 0 Å². The van der Waals surface area contributed by atoms with Crippen LogP contribution >= 0.6 is 0 Å². The molecule has 0 aliphatic carbocycles. The quantitative estimate of drug-likeness (QED) is 0.474. The lowest BCUT2D eigenvalue weighted by Crippen LogP contribution is -2.52. The van der Waals surface area contributed by atoms with Gasteiger partial charge in [-0.15, -0.1) is 0 Å². The van der Waals surface area contributed by atoms with Crippen LogP contribution in [0.4, 0.5) is 4.79 Å². The number of carbonyl (C=O) groups excluding carboxylic acids is 2. The van der Waals surface area contributed by atoms with E-state index in [1.165, 1.54) is 0 Å². The van der Waals surface area contributed by atoms with Crippen molar-refractivity contribution in [2.24, 2.45) is 0 Å². The summed E-state index contributed by atoms with van der Waals surface area (Å²) in [5, 5.41) is 22.3. The Morgan fingerprint density at radius 1 is 1.21 bits per heavy atom. The molecule has 0 aromatic rings. The van der Waals surface area contributed by atoms with Gasteiger partial charge in [0, 0.05) is 12.6 Å². The van der Waals surface area contributed by atoms with Crippen molar-refractivity contribution in [3.63, 3.8) is 0 Å². The zero-order chi connectivity index (χ0) is 15.0. The molecule has 0 heterocycles. The number of hydrogen-bond acceptors (Lipinski definition) is 4. The number of aliphatic hydroxyl groups is 1. The van der Waals surface area contributed by atoms with E-state index >= 15 is 0 Å². The molecule has 0 saturated carbocycles. The molecule has 0 rings (SSSR count). The molecule has 0 spiro atoms. The van der Waals surface area contributed by atoms with Crippen LogP contribution in [0, 0.1) is 0 Å². The van der Waals surface area contributed by atoms with Gasteiger partial charge < -0.3 is 25.7 Å². The maximum absolute atomic E-state index is 11.7. The first-order chi connectivity index (χ1) is 8.81. The van der Waals surface area contributed by atoms with Gasteiger partial charge in [0.1, 0.15) is 6.54 Å². The van der Waals surface area contributed by atoms with E-state index in [0.29, 0.717) is 0 Å². The highest BCUT2D eigenvalue weighted by molar-refractivity contribution is 5.86. The second-order valence-corrected chi connectivity index (χ2v) is 4.26. The molecule has 3 amide bonds. The molecular formula is C11H21N3O5. The molecule has 0 aromatic heterocycles. The van der Waals surface area contributed by atoms with Gasteiger partial charge >= 0.3 is 12.0 Å². The topological polar surface area (TPSA) is 119 Å². The fourth-order valence-electron chi connectivity index (χ4n) is 1.29. The number of hydrogen-bond donors (Lipinski definition) is 4. The molecule has 8 nitrogen and oxygen atoms in total. The van der Waals surface area contributed by atoms with E-state index in [-0.39, 0.29) is 25.0 Å². The highest BCUT2D eigenvalue weighted by Crippen LogP contribution is 1.93. The third-order valence-corrected chi connectivity index (χ3v) is 2.23. The first-order valence-electron chi connectivity index (χ1n) is 6.00. The standard InChI is InChI=1S/C11H21N3O5/c1-4-14(5-9(16)12-7(2)3)11(19)13-8(6-15)10(17)18/h7-8,15H,4-6H2,1-3H3,(H,12,16)(H,13,19)(H,17,18)/t8-/m0/s1. The van der Waals surface area contributed by atoms with Gasteiger partial charge in [-0.25, -0.2) is 9.59 Å². The van der Waals surface area contributed by atoms with Crippen molar-refractivity contribution in [2.75, 3.05) is 19.7 Å². The normalized spacial score (nSPS) is 11.8. The van der Waals surface area contributed by atoms with Crippen molar-refractivity contribution in [3.05, 3.63) is 0 Å². The smallest absolute Gasteiger partial charge is 0.328 e. The summed E-state index contributed by atoms with van der Waals surface area (Å²) in [7, 11) is 0. The molecule has 0 radical (unpaired) electrons. The number of urea groups is 1. The lowest BCUT2D eigenvalue weighted by atomic mass is 10.3. The van der Waals surface area contributed by atoms with Crippen LogP contribution in [0.2, 0.25) is 0 Å². The highest BCUT2D eigenvalue weighted by atomic mass is 16.4. The monoisotopic (exact) mass is 275 g/mol. The van der Waals surface area contributed by atoms with Gasteiger partial charge in [0.05, 0.1) is 6.61 Å². The summed E-state index contributed by atoms with van der Waals surface area (Å²) < 4.78 is 0. The second-order valence-electron chi connectivity index (χ2n) is 4.26. The first kappa shape index (κ1) is 17.2. The first-order valence-corrected chi connectivity index (χ1v) is 6.00. The lowest BCUT2D eigenvalue weighted by molar-refractivity contribution is -0.140. The Kier molecular flexibility index (Phi) is 7.50. The van der Waals surface area contributed by atoms with Crippen molar-refractivity contribution >= 4 is 17.9 Å². The number of nitrogens with zero attached hydrogens (tertiary/aromatic N) is 1. The molecule has 0 aliphatic heterocycles. The van der Waals surface area contributed by atoms with Crippen LogP contribution in [-0.4, -0.2) is 64.8 Å². The minimum absolute atomic E-state index is 0.0431. The predicted octanol–water partition coefficient (Wildman–Crippen LogP) is -1.01. The number of amides is 3. The van der Waals surface area contributed by atoms with Crippen LogP contribution in [0.15, 0.2) is 0 Å². The van der Waals surface area contributed by atoms with E-state index in [1.807, 2.05) is 0 Å². The van der Waals surface area contributed by atoms with Crippen LogP contribution in [0.5, 0.6) is 0 Å². The molecule has 0 bridgehead atoms. The fraction of sp³-hybridized carbons (Fsp3) is 0.727. The van der Waals surface area contributed by atoms with Crippen molar-refractivity contribution in [3.8, 4) is 0 Å². The summed E-state index contributed by atoms with van der Waals surface area (Å²) in [6.45, 7) is 4.61.